The number of ether oxygens (including phenoxy) is 1. The van der Waals surface area contributed by atoms with E-state index in [9.17, 15) is 13.8 Å². The molecule has 10 nitrogen and oxygen atoms in total. The lowest BCUT2D eigenvalue weighted by molar-refractivity contribution is 0.258. The van der Waals surface area contributed by atoms with Crippen LogP contribution in [-0.4, -0.2) is 45.0 Å². The Bertz CT molecular complexity index is 929. The van der Waals surface area contributed by atoms with E-state index >= 15 is 0 Å². The van der Waals surface area contributed by atoms with Crippen LogP contribution in [0.25, 0.3) is 0 Å². The quantitative estimate of drug-likeness (QED) is 0.181. The predicted octanol–water partition coefficient (Wildman–Crippen LogP) is 0.791. The molecule has 2 unspecified atom stereocenters. The van der Waals surface area contributed by atoms with E-state index in [0.29, 0.717) is 6.42 Å². The Morgan fingerprint density at radius 3 is 3.12 bits per heavy atom. The van der Waals surface area contributed by atoms with Crippen molar-refractivity contribution in [2.75, 3.05) is 19.4 Å². The molecule has 140 valence electrons. The first-order valence-corrected chi connectivity index (χ1v) is 9.55. The maximum absolute atomic E-state index is 13.4. The van der Waals surface area contributed by atoms with Crippen molar-refractivity contribution >= 4 is 15.8 Å². The number of hydrogen-bond donors (Lipinski definition) is 4. The molecule has 0 spiro atoms. The van der Waals surface area contributed by atoms with Gasteiger partial charge < -0.3 is 15.3 Å². The minimum Gasteiger partial charge on any atom is -0.472 e. The summed E-state index contributed by atoms with van der Waals surface area (Å²) in [5.41, 5.74) is 1.81. The van der Waals surface area contributed by atoms with Crippen LogP contribution in [0.15, 0.2) is 28.0 Å². The maximum atomic E-state index is 13.4. The number of halogens is 1. The molecular formula is C14H17FN6O4S. The van der Waals surface area contributed by atoms with E-state index in [1.54, 1.807) is 6.07 Å². The third-order valence-electron chi connectivity index (χ3n) is 3.72. The Morgan fingerprint density at radius 1 is 1.58 bits per heavy atom. The second-order valence-corrected chi connectivity index (χ2v) is 7.67. The second-order valence-electron chi connectivity index (χ2n) is 5.70. The summed E-state index contributed by atoms with van der Waals surface area (Å²) in [4.78, 5) is 0. The number of oxime groups is 1. The Morgan fingerprint density at radius 2 is 2.38 bits per heavy atom. The van der Waals surface area contributed by atoms with Crippen LogP contribution in [0.2, 0.25) is 0 Å². The fraction of sp³-hybridized carbons (Fsp3) is 0.357. The lowest BCUT2D eigenvalue weighted by atomic mass is 9.83. The normalized spacial score (nSPS) is 18.5. The second kappa shape index (κ2) is 7.25. The summed E-state index contributed by atoms with van der Waals surface area (Å²) in [7, 11) is -2.84. The number of amidine groups is 1. The number of nitrogens with one attached hydrogen (secondary N) is 3. The fourth-order valence-corrected chi connectivity index (χ4v) is 2.99. The summed E-state index contributed by atoms with van der Waals surface area (Å²) >= 11 is 0. The molecule has 0 aliphatic heterocycles. The van der Waals surface area contributed by atoms with Crippen LogP contribution in [-0.2, 0) is 16.3 Å². The van der Waals surface area contributed by atoms with E-state index in [0.717, 1.165) is 11.1 Å². The number of aromatic nitrogens is 2. The molecule has 0 radical (unpaired) electrons. The van der Waals surface area contributed by atoms with Crippen molar-refractivity contribution in [3.05, 3.63) is 40.8 Å². The first-order chi connectivity index (χ1) is 12.4. The highest BCUT2D eigenvalue weighted by molar-refractivity contribution is 7.89. The number of hydrogen-bond acceptors (Lipinski definition) is 8. The van der Waals surface area contributed by atoms with E-state index in [-0.39, 0.29) is 42.4 Å². The zero-order valence-corrected chi connectivity index (χ0v) is 14.5. The van der Waals surface area contributed by atoms with Crippen molar-refractivity contribution in [1.82, 2.24) is 20.4 Å². The summed E-state index contributed by atoms with van der Waals surface area (Å²) in [6.45, 7) is 0.181. The summed E-state index contributed by atoms with van der Waals surface area (Å²) in [5, 5.41) is 22.6. The topological polar surface area (TPSA) is 146 Å². The van der Waals surface area contributed by atoms with Gasteiger partial charge in [0.25, 0.3) is 5.88 Å². The number of benzene rings is 1. The third-order valence-corrected chi connectivity index (χ3v) is 4.47. The Labute approximate surface area is 148 Å². The van der Waals surface area contributed by atoms with Crippen LogP contribution in [0.1, 0.15) is 22.9 Å². The van der Waals surface area contributed by atoms with Crippen molar-refractivity contribution in [3.8, 4) is 5.88 Å². The predicted molar refractivity (Wildman–Crippen MR) is 88.9 cm³/mol. The monoisotopic (exact) mass is 384 g/mol. The van der Waals surface area contributed by atoms with Crippen molar-refractivity contribution in [3.63, 3.8) is 0 Å². The largest absolute Gasteiger partial charge is 0.472 e. The molecule has 3 rings (SSSR count). The van der Waals surface area contributed by atoms with Gasteiger partial charge in [-0.15, -0.1) is 0 Å². The molecule has 1 aliphatic carbocycles. The van der Waals surface area contributed by atoms with Gasteiger partial charge in [-0.3, -0.25) is 0 Å². The van der Waals surface area contributed by atoms with E-state index in [4.69, 9.17) is 9.52 Å². The van der Waals surface area contributed by atoms with Crippen molar-refractivity contribution < 1.29 is 23.2 Å². The van der Waals surface area contributed by atoms with Gasteiger partial charge in [0.15, 0.2) is 0 Å². The van der Waals surface area contributed by atoms with Crippen molar-refractivity contribution in [2.24, 2.45) is 5.16 Å². The number of rotatable bonds is 7. The van der Waals surface area contributed by atoms with Crippen LogP contribution < -0.4 is 14.8 Å². The van der Waals surface area contributed by atoms with Gasteiger partial charge in [0.05, 0.1) is 6.04 Å². The van der Waals surface area contributed by atoms with Gasteiger partial charge in [0.2, 0.25) is 11.5 Å². The molecule has 0 saturated carbocycles. The molecule has 0 amide bonds. The lowest BCUT2D eigenvalue weighted by Crippen LogP contribution is -2.36. The van der Waals surface area contributed by atoms with E-state index in [1.807, 2.05) is 0 Å². The van der Waals surface area contributed by atoms with Gasteiger partial charge in [-0.1, -0.05) is 11.2 Å². The number of fused-ring (bicyclic) bond motifs is 1. The Kier molecular flexibility index (Phi) is 5.04. The van der Waals surface area contributed by atoms with Gasteiger partial charge >= 0.3 is 0 Å². The molecule has 26 heavy (non-hydrogen) atoms. The molecule has 12 heteroatoms. The average Bonchev–Trinajstić information content (AvgIpc) is 3.02. The van der Waals surface area contributed by atoms with Crippen LogP contribution in [0, 0.1) is 10.6 Å². The van der Waals surface area contributed by atoms with Crippen LogP contribution in [0.5, 0.6) is 5.88 Å². The number of nitrogens with zero attached hydrogens (tertiary/aromatic N) is 3. The van der Waals surface area contributed by atoms with Crippen molar-refractivity contribution in [2.45, 2.75) is 12.5 Å². The minimum atomic E-state index is -2.84. The molecule has 1 aliphatic rings. The van der Waals surface area contributed by atoms with Gasteiger partial charge in [0.1, 0.15) is 22.3 Å². The molecule has 2 atom stereocenters. The maximum Gasteiger partial charge on any atom is 0.287 e. The molecule has 0 saturated heterocycles. The summed E-state index contributed by atoms with van der Waals surface area (Å²) in [6.07, 6.45) is 1.88. The van der Waals surface area contributed by atoms with Crippen LogP contribution in [0.3, 0.4) is 0 Å². The van der Waals surface area contributed by atoms with Crippen LogP contribution >= 0.6 is 0 Å². The molecule has 1 aromatic carbocycles. The van der Waals surface area contributed by atoms with Gasteiger partial charge in [0, 0.05) is 12.8 Å². The molecule has 1 heterocycles. The lowest BCUT2D eigenvalue weighted by Gasteiger charge is -2.31. The van der Waals surface area contributed by atoms with E-state index in [1.165, 1.54) is 18.4 Å². The van der Waals surface area contributed by atoms with E-state index < -0.39 is 9.92 Å². The first kappa shape index (κ1) is 18.1. The molecule has 1 aromatic heterocycles. The molecular weight excluding hydrogens is 367 g/mol. The van der Waals surface area contributed by atoms with Gasteiger partial charge in [-0.05, 0) is 40.0 Å². The molecule has 0 fully saturated rings. The van der Waals surface area contributed by atoms with Gasteiger partial charge in [-0.25, -0.2) is 22.7 Å². The van der Waals surface area contributed by atoms with Gasteiger partial charge in [-0.2, -0.15) is 0 Å². The fourth-order valence-electron chi connectivity index (χ4n) is 2.52. The Hall–Kier alpha value is -2.73. The van der Waals surface area contributed by atoms with Crippen LogP contribution in [0.4, 0.5) is 4.39 Å². The zero-order chi connectivity index (χ0) is 18.7. The standard InChI is InChI=1S/C14H17FN6O4S/c1-26(16,23)17-4-5-24-14-12(20-25-21-14)13(19-22)18-11-6-8-2-3-9(15)7-10(8)11/h2-3,7,11,22H,4-6H2,1H3,(H,18,19)(H2,16,17,23). The summed E-state index contributed by atoms with van der Waals surface area (Å²) in [6, 6.07) is 4.27. The molecule has 4 N–H and O–H groups in total. The zero-order valence-electron chi connectivity index (χ0n) is 13.7. The third kappa shape index (κ3) is 4.08. The molecule has 2 aromatic rings. The summed E-state index contributed by atoms with van der Waals surface area (Å²) in [5.74, 6) is -0.411. The highest BCUT2D eigenvalue weighted by Crippen LogP contribution is 2.33. The minimum absolute atomic E-state index is 0.0292. The highest BCUT2D eigenvalue weighted by Gasteiger charge is 2.30. The SMILES string of the molecule is CS(=N)(=O)NCCOc1nonc1/C(=N/O)NC1Cc2ccc(F)cc21. The average molecular weight is 384 g/mol. The highest BCUT2D eigenvalue weighted by atomic mass is 32.2. The van der Waals surface area contributed by atoms with E-state index in [2.05, 4.69) is 30.1 Å². The van der Waals surface area contributed by atoms with Crippen molar-refractivity contribution in [1.29, 1.82) is 4.78 Å². The smallest absolute Gasteiger partial charge is 0.287 e. The Balaban J connectivity index is 1.64. The molecule has 0 bridgehead atoms. The summed E-state index contributed by atoms with van der Waals surface area (Å²) < 4.78 is 44.3. The first-order valence-electron chi connectivity index (χ1n) is 7.58.